The lowest BCUT2D eigenvalue weighted by atomic mass is 10.1. The summed E-state index contributed by atoms with van der Waals surface area (Å²) in [5.41, 5.74) is 0. The molecule has 0 heterocycles. The van der Waals surface area contributed by atoms with Crippen LogP contribution in [0.25, 0.3) is 0 Å². The van der Waals surface area contributed by atoms with E-state index < -0.39 is 0 Å². The highest BCUT2D eigenvalue weighted by molar-refractivity contribution is 4.45. The van der Waals surface area contributed by atoms with Crippen LogP contribution in [0.4, 0.5) is 0 Å². The van der Waals surface area contributed by atoms with Gasteiger partial charge in [0.1, 0.15) is 0 Å². The van der Waals surface area contributed by atoms with Crippen LogP contribution in [0.3, 0.4) is 0 Å². The molecule has 94 valence electrons. The number of rotatable bonds is 8. The summed E-state index contributed by atoms with van der Waals surface area (Å²) in [7, 11) is 1.97. The monoisotopic (exact) mass is 217 g/mol. The number of nitrogens with one attached hydrogen (secondary N) is 1. The topological polar surface area (TPSA) is 21.3 Å². The van der Waals surface area contributed by atoms with Crippen molar-refractivity contribution in [3.05, 3.63) is 0 Å². The molecule has 15 heavy (non-hydrogen) atoms. The van der Waals surface area contributed by atoms with E-state index in [-0.39, 0.29) is 0 Å². The van der Waals surface area contributed by atoms with E-state index in [1.54, 1.807) is 0 Å². The Bertz CT molecular complexity index is 94.5. The standard InChI is InChI=1S/C10H23NO.C3H8/c1-10(2)6-4-8-12-9-5-7-11-3;1-3-2/h10-11H,4-9H2,1-3H3;3H2,1-2H3. The average molecular weight is 217 g/mol. The highest BCUT2D eigenvalue weighted by Crippen LogP contribution is 2.02. The van der Waals surface area contributed by atoms with Gasteiger partial charge in [-0.05, 0) is 38.8 Å². The second-order valence-corrected chi connectivity index (χ2v) is 4.31. The van der Waals surface area contributed by atoms with E-state index in [1.165, 1.54) is 19.3 Å². The van der Waals surface area contributed by atoms with Gasteiger partial charge in [0, 0.05) is 13.2 Å². The van der Waals surface area contributed by atoms with Gasteiger partial charge in [0.05, 0.1) is 0 Å². The van der Waals surface area contributed by atoms with Crippen molar-refractivity contribution in [3.63, 3.8) is 0 Å². The Balaban J connectivity index is 0. The molecule has 0 saturated carbocycles. The third-order valence-corrected chi connectivity index (χ3v) is 1.79. The molecular formula is C13H31NO. The van der Waals surface area contributed by atoms with Crippen molar-refractivity contribution in [3.8, 4) is 0 Å². The van der Waals surface area contributed by atoms with Crippen LogP contribution in [0.5, 0.6) is 0 Å². The molecule has 0 unspecified atom stereocenters. The molecule has 0 aliphatic carbocycles. The van der Waals surface area contributed by atoms with Crippen molar-refractivity contribution in [2.24, 2.45) is 5.92 Å². The lowest BCUT2D eigenvalue weighted by Crippen LogP contribution is -2.10. The fourth-order valence-electron chi connectivity index (χ4n) is 1.05. The van der Waals surface area contributed by atoms with Crippen molar-refractivity contribution < 1.29 is 4.74 Å². The van der Waals surface area contributed by atoms with E-state index >= 15 is 0 Å². The molecule has 0 aromatic carbocycles. The summed E-state index contributed by atoms with van der Waals surface area (Å²) < 4.78 is 5.45. The van der Waals surface area contributed by atoms with Crippen LogP contribution in [-0.4, -0.2) is 26.8 Å². The Morgan fingerprint density at radius 1 is 1.07 bits per heavy atom. The highest BCUT2D eigenvalue weighted by Gasteiger charge is 1.93. The van der Waals surface area contributed by atoms with Gasteiger partial charge >= 0.3 is 0 Å². The van der Waals surface area contributed by atoms with E-state index in [0.717, 1.165) is 32.1 Å². The van der Waals surface area contributed by atoms with Crippen LogP contribution in [0.1, 0.15) is 53.4 Å². The molecule has 0 aliphatic rings. The van der Waals surface area contributed by atoms with Crippen molar-refractivity contribution in [1.29, 1.82) is 0 Å². The van der Waals surface area contributed by atoms with Crippen molar-refractivity contribution in [1.82, 2.24) is 5.32 Å². The van der Waals surface area contributed by atoms with Gasteiger partial charge in [-0.25, -0.2) is 0 Å². The maximum atomic E-state index is 5.45. The second kappa shape index (κ2) is 16.4. The fraction of sp³-hybridized carbons (Fsp3) is 1.00. The molecule has 0 spiro atoms. The first-order valence-corrected chi connectivity index (χ1v) is 6.41. The molecule has 0 bridgehead atoms. The van der Waals surface area contributed by atoms with Crippen molar-refractivity contribution in [2.75, 3.05) is 26.8 Å². The minimum absolute atomic E-state index is 0.811. The smallest absolute Gasteiger partial charge is 0.0478 e. The summed E-state index contributed by atoms with van der Waals surface area (Å²) in [6.07, 6.45) is 4.86. The molecule has 2 heteroatoms. The number of ether oxygens (including phenoxy) is 1. The molecule has 0 amide bonds. The number of hydrogen-bond acceptors (Lipinski definition) is 2. The Labute approximate surface area is 96.8 Å². The zero-order valence-corrected chi connectivity index (χ0v) is 11.4. The predicted molar refractivity (Wildman–Crippen MR) is 69.4 cm³/mol. The van der Waals surface area contributed by atoms with E-state index in [9.17, 15) is 0 Å². The third kappa shape index (κ3) is 24.9. The summed E-state index contributed by atoms with van der Waals surface area (Å²) in [6.45, 7) is 11.6. The molecular weight excluding hydrogens is 186 g/mol. The van der Waals surface area contributed by atoms with Gasteiger partial charge in [0.2, 0.25) is 0 Å². The lowest BCUT2D eigenvalue weighted by molar-refractivity contribution is 0.126. The molecule has 2 nitrogen and oxygen atoms in total. The highest BCUT2D eigenvalue weighted by atomic mass is 16.5. The number of hydrogen-bond donors (Lipinski definition) is 1. The minimum Gasteiger partial charge on any atom is -0.381 e. The normalized spacial score (nSPS) is 10.0. The van der Waals surface area contributed by atoms with Gasteiger partial charge in [-0.15, -0.1) is 0 Å². The Morgan fingerprint density at radius 3 is 2.07 bits per heavy atom. The summed E-state index contributed by atoms with van der Waals surface area (Å²) in [4.78, 5) is 0. The first kappa shape index (κ1) is 17.3. The molecule has 0 aromatic heterocycles. The quantitative estimate of drug-likeness (QED) is 0.629. The van der Waals surface area contributed by atoms with Crippen LogP contribution in [0, 0.1) is 5.92 Å². The largest absolute Gasteiger partial charge is 0.381 e. The van der Waals surface area contributed by atoms with Gasteiger partial charge in [-0.1, -0.05) is 34.1 Å². The lowest BCUT2D eigenvalue weighted by Gasteiger charge is -2.05. The predicted octanol–water partition coefficient (Wildman–Crippen LogP) is 3.47. The third-order valence-electron chi connectivity index (χ3n) is 1.79. The van der Waals surface area contributed by atoms with Gasteiger partial charge in [0.15, 0.2) is 0 Å². The van der Waals surface area contributed by atoms with Gasteiger partial charge in [0.25, 0.3) is 0 Å². The van der Waals surface area contributed by atoms with Crippen molar-refractivity contribution >= 4 is 0 Å². The van der Waals surface area contributed by atoms with Crippen LogP contribution in [-0.2, 0) is 4.74 Å². The summed E-state index contributed by atoms with van der Waals surface area (Å²) >= 11 is 0. The molecule has 0 radical (unpaired) electrons. The van der Waals surface area contributed by atoms with Crippen LogP contribution in [0.2, 0.25) is 0 Å². The van der Waals surface area contributed by atoms with Crippen LogP contribution >= 0.6 is 0 Å². The fourth-order valence-corrected chi connectivity index (χ4v) is 1.05. The molecule has 0 aliphatic heterocycles. The van der Waals surface area contributed by atoms with Crippen molar-refractivity contribution in [2.45, 2.75) is 53.4 Å². The molecule has 0 fully saturated rings. The first-order chi connectivity index (χ1) is 7.18. The Kier molecular flexibility index (Phi) is 18.9. The Morgan fingerprint density at radius 2 is 1.60 bits per heavy atom. The van der Waals surface area contributed by atoms with E-state index in [2.05, 4.69) is 33.0 Å². The summed E-state index contributed by atoms with van der Waals surface area (Å²) in [5.74, 6) is 0.811. The molecule has 0 atom stereocenters. The summed E-state index contributed by atoms with van der Waals surface area (Å²) in [5, 5.41) is 3.10. The zero-order valence-electron chi connectivity index (χ0n) is 11.4. The van der Waals surface area contributed by atoms with E-state index in [0.29, 0.717) is 0 Å². The van der Waals surface area contributed by atoms with E-state index in [1.807, 2.05) is 7.05 Å². The maximum absolute atomic E-state index is 5.45. The SMILES string of the molecule is CCC.CNCCCOCCCC(C)C. The van der Waals surface area contributed by atoms with Crippen LogP contribution < -0.4 is 5.32 Å². The van der Waals surface area contributed by atoms with Gasteiger partial charge in [-0.3, -0.25) is 0 Å². The summed E-state index contributed by atoms with van der Waals surface area (Å²) in [6, 6.07) is 0. The molecule has 0 saturated heterocycles. The van der Waals surface area contributed by atoms with E-state index in [4.69, 9.17) is 4.74 Å². The Hall–Kier alpha value is -0.0800. The van der Waals surface area contributed by atoms with Crippen LogP contribution in [0.15, 0.2) is 0 Å². The van der Waals surface area contributed by atoms with Gasteiger partial charge < -0.3 is 10.1 Å². The zero-order chi connectivity index (χ0) is 11.9. The molecule has 0 rings (SSSR count). The minimum atomic E-state index is 0.811. The molecule has 0 aromatic rings. The average Bonchev–Trinajstić information content (AvgIpc) is 2.17. The maximum Gasteiger partial charge on any atom is 0.0478 e. The molecule has 1 N–H and O–H groups in total. The first-order valence-electron chi connectivity index (χ1n) is 6.41. The van der Waals surface area contributed by atoms with Gasteiger partial charge in [-0.2, -0.15) is 0 Å². The second-order valence-electron chi connectivity index (χ2n) is 4.31.